The molecule has 78 valence electrons. The van der Waals surface area contributed by atoms with E-state index >= 15 is 0 Å². The van der Waals surface area contributed by atoms with Gasteiger partial charge in [0.2, 0.25) is 5.91 Å². The van der Waals surface area contributed by atoms with E-state index in [1.54, 1.807) is 24.3 Å². The highest BCUT2D eigenvalue weighted by Gasteiger charge is 2.08. The number of aliphatic hydroxyl groups excluding tert-OH is 1. The van der Waals surface area contributed by atoms with Crippen LogP contribution >= 0.6 is 0 Å². The van der Waals surface area contributed by atoms with Crippen LogP contribution in [0.15, 0.2) is 12.4 Å². The first-order chi connectivity index (χ1) is 6.74. The van der Waals surface area contributed by atoms with Gasteiger partial charge in [-0.25, -0.2) is 0 Å². The van der Waals surface area contributed by atoms with Crippen molar-refractivity contribution in [2.75, 3.05) is 13.7 Å². The van der Waals surface area contributed by atoms with E-state index in [0.717, 1.165) is 5.56 Å². The van der Waals surface area contributed by atoms with E-state index in [9.17, 15) is 4.79 Å². The first kappa shape index (κ1) is 10.7. The van der Waals surface area contributed by atoms with Gasteiger partial charge in [0.15, 0.2) is 0 Å². The van der Waals surface area contributed by atoms with E-state index in [-0.39, 0.29) is 12.5 Å². The predicted molar refractivity (Wildman–Crippen MR) is 51.4 cm³/mol. The van der Waals surface area contributed by atoms with Crippen LogP contribution in [0.4, 0.5) is 0 Å². The van der Waals surface area contributed by atoms with Crippen molar-refractivity contribution >= 4 is 5.91 Å². The molecule has 0 saturated carbocycles. The van der Waals surface area contributed by atoms with Crippen molar-refractivity contribution in [2.24, 2.45) is 0 Å². The first-order valence-electron chi connectivity index (χ1n) is 4.56. The van der Waals surface area contributed by atoms with Crippen LogP contribution in [-0.2, 0) is 11.3 Å². The molecule has 0 spiro atoms. The summed E-state index contributed by atoms with van der Waals surface area (Å²) in [7, 11) is 1.74. The second-order valence-electron chi connectivity index (χ2n) is 3.18. The third kappa shape index (κ3) is 3.18. The van der Waals surface area contributed by atoms with Gasteiger partial charge in [0, 0.05) is 38.4 Å². The highest BCUT2D eigenvalue weighted by Crippen LogP contribution is 2.02. The van der Waals surface area contributed by atoms with Gasteiger partial charge in [-0.3, -0.25) is 9.89 Å². The fourth-order valence-corrected chi connectivity index (χ4v) is 1.15. The van der Waals surface area contributed by atoms with Gasteiger partial charge in [-0.15, -0.1) is 0 Å². The molecule has 0 saturated heterocycles. The Bertz CT molecular complexity index is 272. The molecule has 0 bridgehead atoms. The highest BCUT2D eigenvalue weighted by atomic mass is 16.3. The van der Waals surface area contributed by atoms with Gasteiger partial charge in [-0.2, -0.15) is 5.10 Å². The number of rotatable bonds is 5. The second kappa shape index (κ2) is 5.39. The van der Waals surface area contributed by atoms with Crippen LogP contribution in [0.3, 0.4) is 0 Å². The van der Waals surface area contributed by atoms with Crippen LogP contribution in [0.1, 0.15) is 18.4 Å². The Morgan fingerprint density at radius 2 is 2.50 bits per heavy atom. The molecule has 1 rings (SSSR count). The Hall–Kier alpha value is -1.36. The number of aromatic nitrogens is 2. The SMILES string of the molecule is CN(Cc1cn[nH]c1)C(=O)CCCO. The van der Waals surface area contributed by atoms with Crippen LogP contribution in [0.2, 0.25) is 0 Å². The summed E-state index contributed by atoms with van der Waals surface area (Å²) in [5.74, 6) is 0.0419. The van der Waals surface area contributed by atoms with Crippen molar-refractivity contribution in [2.45, 2.75) is 19.4 Å². The molecule has 0 aliphatic heterocycles. The molecule has 0 radical (unpaired) electrons. The fraction of sp³-hybridized carbons (Fsp3) is 0.556. The monoisotopic (exact) mass is 197 g/mol. The number of carbonyl (C=O) groups excluding carboxylic acids is 1. The number of carbonyl (C=O) groups is 1. The molecule has 5 nitrogen and oxygen atoms in total. The van der Waals surface area contributed by atoms with E-state index in [1.807, 2.05) is 0 Å². The molecule has 0 unspecified atom stereocenters. The van der Waals surface area contributed by atoms with Crippen molar-refractivity contribution in [1.82, 2.24) is 15.1 Å². The average Bonchev–Trinajstić information content (AvgIpc) is 2.66. The van der Waals surface area contributed by atoms with Gasteiger partial charge in [0.1, 0.15) is 0 Å². The number of nitrogens with zero attached hydrogens (tertiary/aromatic N) is 2. The Morgan fingerprint density at radius 3 is 3.07 bits per heavy atom. The maximum absolute atomic E-state index is 11.4. The summed E-state index contributed by atoms with van der Waals surface area (Å²) in [6.45, 7) is 0.617. The predicted octanol–water partition coefficient (Wildman–Crippen LogP) is 0.141. The van der Waals surface area contributed by atoms with Gasteiger partial charge in [0.05, 0.1) is 6.20 Å². The topological polar surface area (TPSA) is 69.2 Å². The third-order valence-electron chi connectivity index (χ3n) is 1.95. The van der Waals surface area contributed by atoms with Gasteiger partial charge >= 0.3 is 0 Å². The summed E-state index contributed by atoms with van der Waals surface area (Å²) in [6, 6.07) is 0. The van der Waals surface area contributed by atoms with Crippen molar-refractivity contribution in [3.8, 4) is 0 Å². The van der Waals surface area contributed by atoms with Crippen molar-refractivity contribution < 1.29 is 9.90 Å². The standard InChI is InChI=1S/C9H15N3O2/c1-12(9(14)3-2-4-13)7-8-5-10-11-6-8/h5-6,13H,2-4,7H2,1H3,(H,10,11). The largest absolute Gasteiger partial charge is 0.396 e. The normalized spacial score (nSPS) is 10.1. The lowest BCUT2D eigenvalue weighted by molar-refractivity contribution is -0.130. The summed E-state index contributed by atoms with van der Waals surface area (Å²) in [6.07, 6.45) is 4.37. The van der Waals surface area contributed by atoms with Gasteiger partial charge in [-0.1, -0.05) is 0 Å². The number of hydrogen-bond acceptors (Lipinski definition) is 3. The molecule has 0 aromatic carbocycles. The summed E-state index contributed by atoms with van der Waals surface area (Å²) < 4.78 is 0. The van der Waals surface area contributed by atoms with Crippen LogP contribution in [0, 0.1) is 0 Å². The van der Waals surface area contributed by atoms with Crippen molar-refractivity contribution in [3.63, 3.8) is 0 Å². The Morgan fingerprint density at radius 1 is 1.71 bits per heavy atom. The zero-order chi connectivity index (χ0) is 10.4. The summed E-state index contributed by atoms with van der Waals surface area (Å²) in [5, 5.41) is 15.1. The number of amides is 1. The molecule has 1 amide bonds. The van der Waals surface area contributed by atoms with E-state index in [2.05, 4.69) is 10.2 Å². The first-order valence-corrected chi connectivity index (χ1v) is 4.56. The zero-order valence-corrected chi connectivity index (χ0v) is 8.23. The molecular formula is C9H15N3O2. The number of hydrogen-bond donors (Lipinski definition) is 2. The molecule has 1 heterocycles. The van der Waals surface area contributed by atoms with Crippen LogP contribution < -0.4 is 0 Å². The number of nitrogens with one attached hydrogen (secondary N) is 1. The Balaban J connectivity index is 2.34. The third-order valence-corrected chi connectivity index (χ3v) is 1.95. The van der Waals surface area contributed by atoms with Gasteiger partial charge in [0.25, 0.3) is 0 Å². The fourth-order valence-electron chi connectivity index (χ4n) is 1.15. The maximum atomic E-state index is 11.4. The molecule has 1 aromatic rings. The lowest BCUT2D eigenvalue weighted by Crippen LogP contribution is -2.25. The van der Waals surface area contributed by atoms with Crippen LogP contribution in [0.5, 0.6) is 0 Å². The molecular weight excluding hydrogens is 182 g/mol. The minimum absolute atomic E-state index is 0.0419. The summed E-state index contributed by atoms with van der Waals surface area (Å²) in [4.78, 5) is 13.0. The smallest absolute Gasteiger partial charge is 0.222 e. The molecule has 0 aliphatic rings. The molecule has 5 heteroatoms. The van der Waals surface area contributed by atoms with Gasteiger partial charge < -0.3 is 10.0 Å². The molecule has 0 fully saturated rings. The summed E-state index contributed by atoms with van der Waals surface area (Å²) in [5.41, 5.74) is 0.977. The molecule has 14 heavy (non-hydrogen) atoms. The van der Waals surface area contributed by atoms with E-state index in [1.165, 1.54) is 0 Å². The molecule has 0 aliphatic carbocycles. The van der Waals surface area contributed by atoms with E-state index < -0.39 is 0 Å². The van der Waals surface area contributed by atoms with Crippen LogP contribution in [0.25, 0.3) is 0 Å². The highest BCUT2D eigenvalue weighted by molar-refractivity contribution is 5.75. The second-order valence-corrected chi connectivity index (χ2v) is 3.18. The Labute approximate surface area is 82.7 Å². The maximum Gasteiger partial charge on any atom is 0.222 e. The zero-order valence-electron chi connectivity index (χ0n) is 8.23. The van der Waals surface area contributed by atoms with Crippen LogP contribution in [-0.4, -0.2) is 39.8 Å². The van der Waals surface area contributed by atoms with Crippen molar-refractivity contribution in [3.05, 3.63) is 18.0 Å². The van der Waals surface area contributed by atoms with E-state index in [4.69, 9.17) is 5.11 Å². The number of H-pyrrole nitrogens is 1. The minimum atomic E-state index is 0.0419. The number of aliphatic hydroxyl groups is 1. The molecule has 1 aromatic heterocycles. The lowest BCUT2D eigenvalue weighted by Gasteiger charge is -2.15. The van der Waals surface area contributed by atoms with Crippen molar-refractivity contribution in [1.29, 1.82) is 0 Å². The number of aromatic amines is 1. The Kier molecular flexibility index (Phi) is 4.12. The van der Waals surface area contributed by atoms with E-state index in [0.29, 0.717) is 19.4 Å². The van der Waals surface area contributed by atoms with Gasteiger partial charge in [-0.05, 0) is 6.42 Å². The average molecular weight is 197 g/mol. The quantitative estimate of drug-likeness (QED) is 0.705. The molecule has 0 atom stereocenters. The molecule has 2 N–H and O–H groups in total. The summed E-state index contributed by atoms with van der Waals surface area (Å²) >= 11 is 0. The minimum Gasteiger partial charge on any atom is -0.396 e. The lowest BCUT2D eigenvalue weighted by atomic mass is 10.2.